The van der Waals surface area contributed by atoms with Gasteiger partial charge in [-0.15, -0.1) is 0 Å². The third kappa shape index (κ3) is 3.27. The molecule has 2 N–H and O–H groups in total. The molecule has 2 rings (SSSR count). The summed E-state index contributed by atoms with van der Waals surface area (Å²) < 4.78 is 0. The van der Waals surface area contributed by atoms with Crippen LogP contribution in [0.5, 0.6) is 0 Å². The Bertz CT molecular complexity index is 415. The number of carbonyl (C=O) groups excluding carboxylic acids is 1. The summed E-state index contributed by atoms with van der Waals surface area (Å²) in [4.78, 5) is 26.6. The Morgan fingerprint density at radius 2 is 2.06 bits per heavy atom. The maximum atomic E-state index is 11.8. The minimum atomic E-state index is -0.973. The van der Waals surface area contributed by atoms with E-state index in [9.17, 15) is 9.59 Å². The molecule has 1 aliphatic rings. The summed E-state index contributed by atoms with van der Waals surface area (Å²) in [5.74, 6) is -0.881. The standard InChI is InChI=1S/C12H14N2O3/c15-11(9-3-5-13-6-4-9)14-10(12(16)17)7-8-1-2-8/h3-6,8,10H,1-2,7H2,(H,14,15)(H,16,17)/t10-/m1/s1. The van der Waals surface area contributed by atoms with Crippen molar-refractivity contribution < 1.29 is 14.7 Å². The zero-order valence-corrected chi connectivity index (χ0v) is 9.30. The Hall–Kier alpha value is -1.91. The molecular weight excluding hydrogens is 220 g/mol. The lowest BCUT2D eigenvalue weighted by molar-refractivity contribution is -0.139. The molecule has 5 heteroatoms. The van der Waals surface area contributed by atoms with Crippen LogP contribution in [0.3, 0.4) is 0 Å². The molecule has 90 valence electrons. The number of rotatable bonds is 5. The number of amides is 1. The molecule has 0 unspecified atom stereocenters. The number of pyridine rings is 1. The minimum Gasteiger partial charge on any atom is -0.480 e. The van der Waals surface area contributed by atoms with Gasteiger partial charge in [-0.05, 0) is 24.5 Å². The highest BCUT2D eigenvalue weighted by atomic mass is 16.4. The summed E-state index contributed by atoms with van der Waals surface area (Å²) in [7, 11) is 0. The van der Waals surface area contributed by atoms with Gasteiger partial charge in [-0.3, -0.25) is 9.78 Å². The molecule has 1 aromatic rings. The summed E-state index contributed by atoms with van der Waals surface area (Å²) in [6.45, 7) is 0. The van der Waals surface area contributed by atoms with Crippen LogP contribution in [0.15, 0.2) is 24.5 Å². The SMILES string of the molecule is O=C(N[C@H](CC1CC1)C(=O)O)c1ccncc1. The van der Waals surface area contributed by atoms with Crippen molar-refractivity contribution in [1.82, 2.24) is 10.3 Å². The Labute approximate surface area is 98.9 Å². The number of carbonyl (C=O) groups is 2. The molecule has 1 aromatic heterocycles. The zero-order valence-electron chi connectivity index (χ0n) is 9.30. The van der Waals surface area contributed by atoms with E-state index in [0.29, 0.717) is 17.9 Å². The van der Waals surface area contributed by atoms with Gasteiger partial charge in [-0.2, -0.15) is 0 Å². The fourth-order valence-corrected chi connectivity index (χ4v) is 1.65. The van der Waals surface area contributed by atoms with Crippen molar-refractivity contribution in [1.29, 1.82) is 0 Å². The maximum absolute atomic E-state index is 11.8. The van der Waals surface area contributed by atoms with Crippen LogP contribution in [0.25, 0.3) is 0 Å². The Balaban J connectivity index is 1.97. The smallest absolute Gasteiger partial charge is 0.326 e. The lowest BCUT2D eigenvalue weighted by atomic mass is 10.1. The average molecular weight is 234 g/mol. The molecule has 1 fully saturated rings. The normalized spacial score (nSPS) is 16.2. The molecule has 0 spiro atoms. The molecule has 1 aliphatic carbocycles. The van der Waals surface area contributed by atoms with Crippen LogP contribution in [0.1, 0.15) is 29.6 Å². The second-order valence-electron chi connectivity index (χ2n) is 4.28. The quantitative estimate of drug-likeness (QED) is 0.798. The predicted molar refractivity (Wildman–Crippen MR) is 60.5 cm³/mol. The number of aromatic nitrogens is 1. The van der Waals surface area contributed by atoms with Gasteiger partial charge in [0.25, 0.3) is 5.91 Å². The first-order valence-electron chi connectivity index (χ1n) is 5.60. The van der Waals surface area contributed by atoms with Gasteiger partial charge in [0.2, 0.25) is 0 Å². The number of carboxylic acids is 1. The third-order valence-corrected chi connectivity index (χ3v) is 2.81. The molecule has 1 amide bonds. The second-order valence-corrected chi connectivity index (χ2v) is 4.28. The van der Waals surface area contributed by atoms with Gasteiger partial charge in [0, 0.05) is 18.0 Å². The summed E-state index contributed by atoms with van der Waals surface area (Å²) in [6.07, 6.45) is 5.66. The third-order valence-electron chi connectivity index (χ3n) is 2.81. The molecule has 0 aliphatic heterocycles. The topological polar surface area (TPSA) is 79.3 Å². The predicted octanol–water partition coefficient (Wildman–Crippen LogP) is 1.06. The molecule has 0 aromatic carbocycles. The fraction of sp³-hybridized carbons (Fsp3) is 0.417. The number of aliphatic carboxylic acids is 1. The van der Waals surface area contributed by atoms with E-state index in [-0.39, 0.29) is 5.91 Å². The van der Waals surface area contributed by atoms with Crippen molar-refractivity contribution in [2.45, 2.75) is 25.3 Å². The van der Waals surface area contributed by atoms with Crippen LogP contribution in [0.2, 0.25) is 0 Å². The van der Waals surface area contributed by atoms with Crippen molar-refractivity contribution in [3.8, 4) is 0 Å². The highest BCUT2D eigenvalue weighted by molar-refractivity contribution is 5.96. The van der Waals surface area contributed by atoms with Crippen molar-refractivity contribution >= 4 is 11.9 Å². The van der Waals surface area contributed by atoms with Crippen LogP contribution < -0.4 is 5.32 Å². The Morgan fingerprint density at radius 1 is 1.41 bits per heavy atom. The number of nitrogens with one attached hydrogen (secondary N) is 1. The van der Waals surface area contributed by atoms with E-state index in [1.54, 1.807) is 12.1 Å². The number of hydrogen-bond donors (Lipinski definition) is 2. The second kappa shape index (κ2) is 4.95. The van der Waals surface area contributed by atoms with Gasteiger partial charge >= 0.3 is 5.97 Å². The van der Waals surface area contributed by atoms with E-state index < -0.39 is 12.0 Å². The average Bonchev–Trinajstić information content (AvgIpc) is 3.13. The number of hydrogen-bond acceptors (Lipinski definition) is 3. The van der Waals surface area contributed by atoms with Crippen molar-refractivity contribution in [3.63, 3.8) is 0 Å². The van der Waals surface area contributed by atoms with Crippen molar-refractivity contribution in [2.75, 3.05) is 0 Å². The first-order chi connectivity index (χ1) is 8.16. The molecule has 17 heavy (non-hydrogen) atoms. The van der Waals surface area contributed by atoms with E-state index in [1.807, 2.05) is 0 Å². The molecule has 0 bridgehead atoms. The zero-order chi connectivity index (χ0) is 12.3. The Morgan fingerprint density at radius 3 is 2.59 bits per heavy atom. The molecule has 0 saturated heterocycles. The largest absolute Gasteiger partial charge is 0.480 e. The van der Waals surface area contributed by atoms with E-state index in [1.165, 1.54) is 12.4 Å². The van der Waals surface area contributed by atoms with Crippen LogP contribution in [-0.4, -0.2) is 28.0 Å². The maximum Gasteiger partial charge on any atom is 0.326 e. The van der Waals surface area contributed by atoms with Crippen molar-refractivity contribution in [2.24, 2.45) is 5.92 Å². The summed E-state index contributed by atoms with van der Waals surface area (Å²) in [6, 6.07) is 2.33. The lowest BCUT2D eigenvalue weighted by Gasteiger charge is -2.13. The summed E-state index contributed by atoms with van der Waals surface area (Å²) in [5, 5.41) is 11.6. The minimum absolute atomic E-state index is 0.361. The summed E-state index contributed by atoms with van der Waals surface area (Å²) >= 11 is 0. The number of nitrogens with zero attached hydrogens (tertiary/aromatic N) is 1. The van der Waals surface area contributed by atoms with E-state index in [4.69, 9.17) is 5.11 Å². The number of carboxylic acid groups (broad SMARTS) is 1. The first kappa shape index (κ1) is 11.6. The van der Waals surface area contributed by atoms with Gasteiger partial charge in [0.15, 0.2) is 0 Å². The van der Waals surface area contributed by atoms with Crippen LogP contribution in [-0.2, 0) is 4.79 Å². The van der Waals surface area contributed by atoms with E-state index in [0.717, 1.165) is 12.8 Å². The highest BCUT2D eigenvalue weighted by Gasteiger charge is 2.30. The summed E-state index contributed by atoms with van der Waals surface area (Å²) in [5.41, 5.74) is 0.432. The monoisotopic (exact) mass is 234 g/mol. The Kier molecular flexibility index (Phi) is 3.37. The molecule has 1 saturated carbocycles. The van der Waals surface area contributed by atoms with E-state index in [2.05, 4.69) is 10.3 Å². The van der Waals surface area contributed by atoms with Crippen LogP contribution >= 0.6 is 0 Å². The molecule has 1 heterocycles. The molecular formula is C12H14N2O3. The first-order valence-corrected chi connectivity index (χ1v) is 5.60. The molecule has 5 nitrogen and oxygen atoms in total. The molecule has 0 radical (unpaired) electrons. The highest BCUT2D eigenvalue weighted by Crippen LogP contribution is 2.33. The van der Waals surface area contributed by atoms with Gasteiger partial charge < -0.3 is 10.4 Å². The van der Waals surface area contributed by atoms with Crippen molar-refractivity contribution in [3.05, 3.63) is 30.1 Å². The lowest BCUT2D eigenvalue weighted by Crippen LogP contribution is -2.41. The van der Waals surface area contributed by atoms with Gasteiger partial charge in [-0.1, -0.05) is 12.8 Å². The van der Waals surface area contributed by atoms with Gasteiger partial charge in [0.1, 0.15) is 6.04 Å². The van der Waals surface area contributed by atoms with Gasteiger partial charge in [0.05, 0.1) is 0 Å². The van der Waals surface area contributed by atoms with Gasteiger partial charge in [-0.25, -0.2) is 4.79 Å². The van der Waals surface area contributed by atoms with E-state index >= 15 is 0 Å². The molecule has 1 atom stereocenters. The van der Waals surface area contributed by atoms with Crippen LogP contribution in [0, 0.1) is 5.92 Å². The van der Waals surface area contributed by atoms with Crippen LogP contribution in [0.4, 0.5) is 0 Å². The fourth-order valence-electron chi connectivity index (χ4n) is 1.65.